The number of amides is 1. The summed E-state index contributed by atoms with van der Waals surface area (Å²) < 4.78 is 0. The Morgan fingerprint density at radius 1 is 1.33 bits per heavy atom. The number of aryl methyl sites for hydroxylation is 1. The Morgan fingerprint density at radius 3 is 2.71 bits per heavy atom. The normalized spacial score (nSPS) is 15.4. The maximum absolute atomic E-state index is 12.1. The van der Waals surface area contributed by atoms with Crippen molar-refractivity contribution in [2.45, 2.75) is 58.9 Å². The molecule has 1 aliphatic rings. The van der Waals surface area contributed by atoms with Crippen molar-refractivity contribution >= 4 is 11.7 Å². The quantitative estimate of drug-likeness (QED) is 0.845. The Balaban J connectivity index is 1.98. The number of nitrogens with zero attached hydrogens (tertiary/aromatic N) is 2. The number of carbonyl (C=O) groups excluding carboxylic acids is 1. The zero-order chi connectivity index (χ0) is 15.2. The number of anilines is 1. The Kier molecular flexibility index (Phi) is 5.53. The van der Waals surface area contributed by atoms with Gasteiger partial charge in [0.2, 0.25) is 0 Å². The summed E-state index contributed by atoms with van der Waals surface area (Å²) in [6.45, 7) is 6.80. The highest BCUT2D eigenvalue weighted by molar-refractivity contribution is 5.92. The van der Waals surface area contributed by atoms with Gasteiger partial charge in [-0.3, -0.25) is 4.79 Å². The molecule has 0 spiro atoms. The fourth-order valence-corrected chi connectivity index (χ4v) is 2.60. The molecule has 116 valence electrons. The monoisotopic (exact) mass is 290 g/mol. The number of hydrogen-bond acceptors (Lipinski definition) is 4. The topological polar surface area (TPSA) is 66.9 Å². The third-order valence-electron chi connectivity index (χ3n) is 3.79. The van der Waals surface area contributed by atoms with Crippen LogP contribution in [0.15, 0.2) is 6.07 Å². The van der Waals surface area contributed by atoms with Gasteiger partial charge < -0.3 is 10.6 Å². The van der Waals surface area contributed by atoms with Gasteiger partial charge in [0.05, 0.1) is 0 Å². The van der Waals surface area contributed by atoms with Crippen molar-refractivity contribution in [3.05, 3.63) is 17.6 Å². The van der Waals surface area contributed by atoms with Crippen LogP contribution in [0.2, 0.25) is 0 Å². The SMILES string of the molecule is Cc1nc(NC2CCCC2)cc(C(=O)NCCC(C)C)n1. The van der Waals surface area contributed by atoms with Gasteiger partial charge in [0, 0.05) is 18.7 Å². The molecule has 2 rings (SSSR count). The van der Waals surface area contributed by atoms with E-state index in [9.17, 15) is 4.79 Å². The molecule has 1 saturated carbocycles. The lowest BCUT2D eigenvalue weighted by atomic mass is 10.1. The van der Waals surface area contributed by atoms with Crippen LogP contribution in [0.25, 0.3) is 0 Å². The van der Waals surface area contributed by atoms with Crippen LogP contribution in [0.3, 0.4) is 0 Å². The summed E-state index contributed by atoms with van der Waals surface area (Å²) in [5.74, 6) is 1.86. The second-order valence-electron chi connectivity index (χ2n) is 6.25. The Hall–Kier alpha value is -1.65. The smallest absolute Gasteiger partial charge is 0.270 e. The van der Waals surface area contributed by atoms with Crippen LogP contribution in [-0.4, -0.2) is 28.5 Å². The Morgan fingerprint density at radius 2 is 2.05 bits per heavy atom. The van der Waals surface area contributed by atoms with E-state index in [1.807, 2.05) is 6.92 Å². The molecule has 5 nitrogen and oxygen atoms in total. The lowest BCUT2D eigenvalue weighted by molar-refractivity contribution is 0.0946. The van der Waals surface area contributed by atoms with Gasteiger partial charge in [-0.25, -0.2) is 9.97 Å². The largest absolute Gasteiger partial charge is 0.367 e. The second kappa shape index (κ2) is 7.38. The third-order valence-corrected chi connectivity index (χ3v) is 3.79. The molecule has 0 unspecified atom stereocenters. The molecule has 5 heteroatoms. The van der Waals surface area contributed by atoms with Crippen LogP contribution in [0.4, 0.5) is 5.82 Å². The van der Waals surface area contributed by atoms with Crippen LogP contribution in [0, 0.1) is 12.8 Å². The van der Waals surface area contributed by atoms with Gasteiger partial charge in [-0.2, -0.15) is 0 Å². The van der Waals surface area contributed by atoms with Gasteiger partial charge in [0.25, 0.3) is 5.91 Å². The molecule has 1 fully saturated rings. The van der Waals surface area contributed by atoms with Crippen molar-refractivity contribution in [1.82, 2.24) is 15.3 Å². The fraction of sp³-hybridized carbons (Fsp3) is 0.688. The van der Waals surface area contributed by atoms with Gasteiger partial charge in [-0.15, -0.1) is 0 Å². The molecular weight excluding hydrogens is 264 g/mol. The highest BCUT2D eigenvalue weighted by Gasteiger charge is 2.16. The molecule has 0 bridgehead atoms. The molecule has 1 amide bonds. The van der Waals surface area contributed by atoms with Gasteiger partial charge in [0.15, 0.2) is 0 Å². The lowest BCUT2D eigenvalue weighted by Crippen LogP contribution is -2.27. The summed E-state index contributed by atoms with van der Waals surface area (Å²) in [4.78, 5) is 20.8. The lowest BCUT2D eigenvalue weighted by Gasteiger charge is -2.14. The van der Waals surface area contributed by atoms with Crippen LogP contribution in [0.5, 0.6) is 0 Å². The highest BCUT2D eigenvalue weighted by atomic mass is 16.1. The first-order valence-corrected chi connectivity index (χ1v) is 7.95. The minimum Gasteiger partial charge on any atom is -0.367 e. The van der Waals surface area contributed by atoms with Crippen molar-refractivity contribution < 1.29 is 4.79 Å². The van der Waals surface area contributed by atoms with Gasteiger partial charge >= 0.3 is 0 Å². The molecule has 1 aromatic rings. The number of carbonyl (C=O) groups is 1. The Bertz CT molecular complexity index is 481. The summed E-state index contributed by atoms with van der Waals surface area (Å²) in [7, 11) is 0. The molecule has 1 aromatic heterocycles. The molecule has 0 atom stereocenters. The summed E-state index contributed by atoms with van der Waals surface area (Å²) in [5, 5.41) is 6.34. The number of hydrogen-bond donors (Lipinski definition) is 2. The molecule has 0 saturated heterocycles. The fourth-order valence-electron chi connectivity index (χ4n) is 2.60. The van der Waals surface area contributed by atoms with E-state index in [2.05, 4.69) is 34.4 Å². The van der Waals surface area contributed by atoms with Gasteiger partial charge in [-0.1, -0.05) is 26.7 Å². The van der Waals surface area contributed by atoms with Crippen LogP contribution in [-0.2, 0) is 0 Å². The van der Waals surface area contributed by atoms with E-state index < -0.39 is 0 Å². The Labute approximate surface area is 127 Å². The van der Waals surface area contributed by atoms with Crippen molar-refractivity contribution in [2.75, 3.05) is 11.9 Å². The van der Waals surface area contributed by atoms with Crippen molar-refractivity contribution in [1.29, 1.82) is 0 Å². The first kappa shape index (κ1) is 15.7. The van der Waals surface area contributed by atoms with Crippen molar-refractivity contribution in [3.8, 4) is 0 Å². The molecule has 0 aliphatic heterocycles. The zero-order valence-electron chi connectivity index (χ0n) is 13.3. The van der Waals surface area contributed by atoms with Crippen LogP contribution >= 0.6 is 0 Å². The number of nitrogens with one attached hydrogen (secondary N) is 2. The first-order chi connectivity index (χ1) is 10.0. The maximum atomic E-state index is 12.1. The van der Waals surface area contributed by atoms with E-state index in [1.165, 1.54) is 25.7 Å². The van der Waals surface area contributed by atoms with Crippen molar-refractivity contribution in [2.24, 2.45) is 5.92 Å². The first-order valence-electron chi connectivity index (χ1n) is 7.95. The average molecular weight is 290 g/mol. The van der Waals surface area contributed by atoms with E-state index in [1.54, 1.807) is 6.07 Å². The van der Waals surface area contributed by atoms with E-state index in [4.69, 9.17) is 0 Å². The summed E-state index contributed by atoms with van der Waals surface area (Å²) in [6, 6.07) is 2.24. The van der Waals surface area contributed by atoms with Crippen molar-refractivity contribution in [3.63, 3.8) is 0 Å². The predicted octanol–water partition coefficient (Wildman–Crippen LogP) is 2.92. The molecular formula is C16H26N4O. The van der Waals surface area contributed by atoms with E-state index in [-0.39, 0.29) is 5.91 Å². The molecule has 21 heavy (non-hydrogen) atoms. The summed E-state index contributed by atoms with van der Waals surface area (Å²) in [6.07, 6.45) is 5.87. The highest BCUT2D eigenvalue weighted by Crippen LogP contribution is 2.21. The van der Waals surface area contributed by atoms with E-state index >= 15 is 0 Å². The maximum Gasteiger partial charge on any atom is 0.270 e. The minimum atomic E-state index is -0.115. The molecule has 0 radical (unpaired) electrons. The molecule has 2 N–H and O–H groups in total. The van der Waals surface area contributed by atoms with Gasteiger partial charge in [0.1, 0.15) is 17.3 Å². The van der Waals surface area contributed by atoms with Crippen LogP contribution < -0.4 is 10.6 Å². The number of aromatic nitrogens is 2. The zero-order valence-corrected chi connectivity index (χ0v) is 13.3. The second-order valence-corrected chi connectivity index (χ2v) is 6.25. The minimum absolute atomic E-state index is 0.115. The molecule has 1 heterocycles. The predicted molar refractivity (Wildman–Crippen MR) is 84.4 cm³/mol. The van der Waals surface area contributed by atoms with E-state index in [0.29, 0.717) is 30.0 Å². The number of rotatable bonds is 6. The third kappa shape index (κ3) is 4.99. The standard InChI is InChI=1S/C16H26N4O/c1-11(2)8-9-17-16(21)14-10-15(19-12(3)18-14)20-13-6-4-5-7-13/h10-11,13H,4-9H2,1-3H3,(H,17,21)(H,18,19,20). The van der Waals surface area contributed by atoms with Crippen LogP contribution in [0.1, 0.15) is 62.3 Å². The average Bonchev–Trinajstić information content (AvgIpc) is 2.90. The summed E-state index contributed by atoms with van der Waals surface area (Å²) >= 11 is 0. The summed E-state index contributed by atoms with van der Waals surface area (Å²) in [5.41, 5.74) is 0.451. The molecule has 0 aromatic carbocycles. The molecule has 1 aliphatic carbocycles. The van der Waals surface area contributed by atoms with Gasteiger partial charge in [-0.05, 0) is 32.1 Å². The van der Waals surface area contributed by atoms with E-state index in [0.717, 1.165) is 12.2 Å².